The number of H-pyrrole nitrogens is 1. The number of aromatic nitrogens is 2. The Bertz CT molecular complexity index is 600. The van der Waals surface area contributed by atoms with E-state index in [1.54, 1.807) is 0 Å². The fourth-order valence-corrected chi connectivity index (χ4v) is 2.10. The number of aryl methyl sites for hydroxylation is 2. The van der Waals surface area contributed by atoms with Gasteiger partial charge in [-0.15, -0.1) is 0 Å². The molecule has 1 heterocycles. The van der Waals surface area contributed by atoms with Crippen molar-refractivity contribution in [3.05, 3.63) is 45.7 Å². The molecule has 0 fully saturated rings. The molecule has 0 radical (unpaired) electrons. The zero-order chi connectivity index (χ0) is 14.9. The second-order valence-electron chi connectivity index (χ2n) is 4.46. The van der Waals surface area contributed by atoms with Gasteiger partial charge in [-0.25, -0.2) is 0 Å². The van der Waals surface area contributed by atoms with Gasteiger partial charge in [0.1, 0.15) is 0 Å². The van der Waals surface area contributed by atoms with Gasteiger partial charge in [0.25, 0.3) is 0 Å². The number of hydrogen-bond donors (Lipinski definition) is 2. The highest BCUT2D eigenvalue weighted by molar-refractivity contribution is 6.33. The SMILES string of the molecule is Cc1n[nH]c(C)c1CNc1ccc(C(F)(F)F)cc1Cl. The average Bonchev–Trinajstić information content (AvgIpc) is 2.67. The maximum atomic E-state index is 12.5. The number of nitrogens with one attached hydrogen (secondary N) is 2. The van der Waals surface area contributed by atoms with Crippen molar-refractivity contribution in [2.45, 2.75) is 26.6 Å². The summed E-state index contributed by atoms with van der Waals surface area (Å²) in [5.74, 6) is 0. The first kappa shape index (κ1) is 14.7. The quantitative estimate of drug-likeness (QED) is 0.887. The van der Waals surface area contributed by atoms with Crippen LogP contribution in [-0.2, 0) is 12.7 Å². The van der Waals surface area contributed by atoms with E-state index < -0.39 is 11.7 Å². The summed E-state index contributed by atoms with van der Waals surface area (Å²) in [6, 6.07) is 3.25. The van der Waals surface area contributed by atoms with Crippen molar-refractivity contribution in [3.8, 4) is 0 Å². The maximum Gasteiger partial charge on any atom is 0.416 e. The minimum atomic E-state index is -4.39. The number of halogens is 4. The topological polar surface area (TPSA) is 40.7 Å². The Morgan fingerprint density at radius 1 is 1.30 bits per heavy atom. The highest BCUT2D eigenvalue weighted by atomic mass is 35.5. The Balaban J connectivity index is 2.15. The molecule has 2 N–H and O–H groups in total. The van der Waals surface area contributed by atoms with Gasteiger partial charge in [0.05, 0.1) is 22.0 Å². The van der Waals surface area contributed by atoms with E-state index >= 15 is 0 Å². The average molecular weight is 304 g/mol. The van der Waals surface area contributed by atoms with Crippen LogP contribution >= 0.6 is 11.6 Å². The molecule has 7 heteroatoms. The van der Waals surface area contributed by atoms with E-state index in [1.165, 1.54) is 6.07 Å². The van der Waals surface area contributed by atoms with Crippen LogP contribution in [0.25, 0.3) is 0 Å². The Morgan fingerprint density at radius 2 is 2.00 bits per heavy atom. The van der Waals surface area contributed by atoms with E-state index in [0.29, 0.717) is 12.2 Å². The number of aromatic amines is 1. The van der Waals surface area contributed by atoms with Crippen LogP contribution < -0.4 is 5.32 Å². The van der Waals surface area contributed by atoms with Gasteiger partial charge in [-0.1, -0.05) is 11.6 Å². The van der Waals surface area contributed by atoms with Gasteiger partial charge in [-0.05, 0) is 32.0 Å². The standard InChI is InChI=1S/C13H13ClF3N3/c1-7-10(8(2)20-19-7)6-18-12-4-3-9(5-11(12)14)13(15,16)17/h3-5,18H,6H2,1-2H3,(H,19,20). The summed E-state index contributed by atoms with van der Waals surface area (Å²) in [6.45, 7) is 4.18. The lowest BCUT2D eigenvalue weighted by Crippen LogP contribution is -2.06. The number of benzene rings is 1. The van der Waals surface area contributed by atoms with E-state index in [4.69, 9.17) is 11.6 Å². The molecule has 1 aromatic carbocycles. The molecule has 0 bridgehead atoms. The molecule has 0 aliphatic carbocycles. The second kappa shape index (κ2) is 5.36. The molecule has 0 saturated carbocycles. The molecular formula is C13H13ClF3N3. The number of anilines is 1. The van der Waals surface area contributed by atoms with Gasteiger partial charge in [-0.2, -0.15) is 18.3 Å². The van der Waals surface area contributed by atoms with Crippen molar-refractivity contribution in [2.24, 2.45) is 0 Å². The molecule has 0 saturated heterocycles. The van der Waals surface area contributed by atoms with Crippen LogP contribution in [0.4, 0.5) is 18.9 Å². The molecule has 108 valence electrons. The third-order valence-electron chi connectivity index (χ3n) is 3.03. The number of alkyl halides is 3. The summed E-state index contributed by atoms with van der Waals surface area (Å²) >= 11 is 5.87. The molecular weight excluding hydrogens is 291 g/mol. The molecule has 2 rings (SSSR count). The van der Waals surface area contributed by atoms with Crippen LogP contribution in [0.3, 0.4) is 0 Å². The molecule has 0 aliphatic rings. The first-order valence-corrected chi connectivity index (χ1v) is 6.28. The molecule has 2 aromatic rings. The third kappa shape index (κ3) is 3.07. The molecule has 0 aliphatic heterocycles. The minimum absolute atomic E-state index is 0.0404. The highest BCUT2D eigenvalue weighted by Gasteiger charge is 2.30. The van der Waals surface area contributed by atoms with Gasteiger partial charge in [0.2, 0.25) is 0 Å². The van der Waals surface area contributed by atoms with E-state index in [2.05, 4.69) is 15.5 Å². The first-order chi connectivity index (χ1) is 9.29. The Kier molecular flexibility index (Phi) is 3.94. The zero-order valence-corrected chi connectivity index (χ0v) is 11.7. The minimum Gasteiger partial charge on any atom is -0.380 e. The van der Waals surface area contributed by atoms with Crippen molar-refractivity contribution < 1.29 is 13.2 Å². The molecule has 0 amide bonds. The summed E-state index contributed by atoms with van der Waals surface area (Å²) in [5.41, 5.74) is 2.43. The Hall–Kier alpha value is -1.69. The summed E-state index contributed by atoms with van der Waals surface area (Å²) in [4.78, 5) is 0. The largest absolute Gasteiger partial charge is 0.416 e. The lowest BCUT2D eigenvalue weighted by atomic mass is 10.1. The van der Waals surface area contributed by atoms with Crippen molar-refractivity contribution in [3.63, 3.8) is 0 Å². The van der Waals surface area contributed by atoms with E-state index in [0.717, 1.165) is 29.1 Å². The summed E-state index contributed by atoms with van der Waals surface area (Å²) < 4.78 is 37.6. The van der Waals surface area contributed by atoms with E-state index in [-0.39, 0.29) is 5.02 Å². The fraction of sp³-hybridized carbons (Fsp3) is 0.308. The van der Waals surface area contributed by atoms with Crippen LogP contribution in [0.15, 0.2) is 18.2 Å². The summed E-state index contributed by atoms with van der Waals surface area (Å²) in [5, 5.41) is 9.95. The molecule has 20 heavy (non-hydrogen) atoms. The summed E-state index contributed by atoms with van der Waals surface area (Å²) in [7, 11) is 0. The molecule has 0 unspecified atom stereocenters. The maximum absolute atomic E-state index is 12.5. The zero-order valence-electron chi connectivity index (χ0n) is 10.9. The van der Waals surface area contributed by atoms with Crippen LogP contribution in [0.2, 0.25) is 5.02 Å². The first-order valence-electron chi connectivity index (χ1n) is 5.90. The highest BCUT2D eigenvalue weighted by Crippen LogP contribution is 2.33. The van der Waals surface area contributed by atoms with Crippen LogP contribution in [0.1, 0.15) is 22.5 Å². The van der Waals surface area contributed by atoms with Gasteiger partial charge >= 0.3 is 6.18 Å². The lowest BCUT2D eigenvalue weighted by molar-refractivity contribution is -0.137. The van der Waals surface area contributed by atoms with Crippen molar-refractivity contribution in [1.29, 1.82) is 0 Å². The second-order valence-corrected chi connectivity index (χ2v) is 4.87. The van der Waals surface area contributed by atoms with Gasteiger partial charge in [-0.3, -0.25) is 5.10 Å². The van der Waals surface area contributed by atoms with Crippen molar-refractivity contribution in [1.82, 2.24) is 10.2 Å². The molecule has 3 nitrogen and oxygen atoms in total. The normalized spacial score (nSPS) is 11.7. The molecule has 0 atom stereocenters. The Morgan fingerprint density at radius 3 is 2.50 bits per heavy atom. The van der Waals surface area contributed by atoms with Crippen LogP contribution in [0.5, 0.6) is 0 Å². The summed E-state index contributed by atoms with van der Waals surface area (Å²) in [6.07, 6.45) is -4.39. The van der Waals surface area contributed by atoms with E-state index in [9.17, 15) is 13.2 Å². The third-order valence-corrected chi connectivity index (χ3v) is 3.35. The number of nitrogens with zero attached hydrogens (tertiary/aromatic N) is 1. The molecule has 0 spiro atoms. The van der Waals surface area contributed by atoms with Gasteiger partial charge in [0.15, 0.2) is 0 Å². The van der Waals surface area contributed by atoms with Crippen LogP contribution in [0, 0.1) is 13.8 Å². The monoisotopic (exact) mass is 303 g/mol. The van der Waals surface area contributed by atoms with Gasteiger partial charge < -0.3 is 5.32 Å². The predicted octanol–water partition coefficient (Wildman–Crippen LogP) is 4.31. The van der Waals surface area contributed by atoms with Crippen molar-refractivity contribution >= 4 is 17.3 Å². The predicted molar refractivity (Wildman–Crippen MR) is 71.8 cm³/mol. The van der Waals surface area contributed by atoms with E-state index in [1.807, 2.05) is 13.8 Å². The molecule has 1 aromatic heterocycles. The smallest absolute Gasteiger partial charge is 0.380 e. The van der Waals surface area contributed by atoms with Crippen molar-refractivity contribution in [2.75, 3.05) is 5.32 Å². The Labute approximate surface area is 119 Å². The van der Waals surface area contributed by atoms with Crippen LogP contribution in [-0.4, -0.2) is 10.2 Å². The number of rotatable bonds is 3. The number of hydrogen-bond acceptors (Lipinski definition) is 2. The fourth-order valence-electron chi connectivity index (χ4n) is 1.85. The lowest BCUT2D eigenvalue weighted by Gasteiger charge is -2.12. The van der Waals surface area contributed by atoms with Gasteiger partial charge in [0, 0.05) is 17.8 Å².